The van der Waals surface area contributed by atoms with E-state index in [4.69, 9.17) is 0 Å². The van der Waals surface area contributed by atoms with Gasteiger partial charge < -0.3 is 20.6 Å². The van der Waals surface area contributed by atoms with Gasteiger partial charge in [0.1, 0.15) is 0 Å². The summed E-state index contributed by atoms with van der Waals surface area (Å²) < 4.78 is 0. The minimum absolute atomic E-state index is 0.105. The van der Waals surface area contributed by atoms with Crippen LogP contribution in [0, 0.1) is 0 Å². The number of aliphatic hydroxyl groups is 3. The van der Waals surface area contributed by atoms with Crippen molar-refractivity contribution in [3.8, 4) is 0 Å². The summed E-state index contributed by atoms with van der Waals surface area (Å²) in [7, 11) is 1.77. The summed E-state index contributed by atoms with van der Waals surface area (Å²) in [6.07, 6.45) is -1.45. The first kappa shape index (κ1) is 10.3. The molecule has 2 aliphatic heterocycles. The van der Waals surface area contributed by atoms with Gasteiger partial charge in [-0.05, 0) is 13.5 Å². The average molecular weight is 202 g/mol. The zero-order valence-electron chi connectivity index (χ0n) is 8.30. The standard InChI is InChI=1S/C9H18N2O3/c1-10-5-4-11-3-2-6(12)7(11)9(14)8(5)13/h5-10,12-14H,2-4H2,1H3/t5?,6?,7-,8?,9-/m1/s1. The monoisotopic (exact) mass is 202 g/mol. The highest BCUT2D eigenvalue weighted by molar-refractivity contribution is 5.03. The van der Waals surface area contributed by atoms with Gasteiger partial charge in [-0.3, -0.25) is 4.90 Å². The Balaban J connectivity index is 2.13. The number of nitrogens with one attached hydrogen (secondary N) is 1. The highest BCUT2D eigenvalue weighted by atomic mass is 16.3. The van der Waals surface area contributed by atoms with Gasteiger partial charge in [0.05, 0.1) is 24.4 Å². The molecule has 82 valence electrons. The molecule has 0 amide bonds. The Morgan fingerprint density at radius 2 is 1.93 bits per heavy atom. The lowest BCUT2D eigenvalue weighted by Crippen LogP contribution is -2.64. The third-order valence-electron chi connectivity index (χ3n) is 3.44. The number of fused-ring (bicyclic) bond motifs is 1. The van der Waals surface area contributed by atoms with E-state index < -0.39 is 18.3 Å². The van der Waals surface area contributed by atoms with Gasteiger partial charge in [0.2, 0.25) is 0 Å². The lowest BCUT2D eigenvalue weighted by Gasteiger charge is -2.42. The van der Waals surface area contributed by atoms with Gasteiger partial charge in [0.15, 0.2) is 0 Å². The number of nitrogens with zero attached hydrogens (tertiary/aromatic N) is 1. The number of likely N-dealkylation sites (N-methyl/N-ethyl adjacent to an activating group) is 1. The lowest BCUT2D eigenvalue weighted by molar-refractivity contribution is -0.100. The van der Waals surface area contributed by atoms with Crippen LogP contribution in [0.1, 0.15) is 6.42 Å². The van der Waals surface area contributed by atoms with Crippen molar-refractivity contribution in [2.24, 2.45) is 0 Å². The fourth-order valence-corrected chi connectivity index (χ4v) is 2.58. The lowest BCUT2D eigenvalue weighted by atomic mass is 9.91. The van der Waals surface area contributed by atoms with Crippen LogP contribution < -0.4 is 5.32 Å². The number of aliphatic hydroxyl groups excluding tert-OH is 3. The Morgan fingerprint density at radius 1 is 1.21 bits per heavy atom. The van der Waals surface area contributed by atoms with Crippen LogP contribution in [0.5, 0.6) is 0 Å². The van der Waals surface area contributed by atoms with Crippen molar-refractivity contribution in [1.82, 2.24) is 10.2 Å². The highest BCUT2D eigenvalue weighted by Crippen LogP contribution is 2.27. The van der Waals surface area contributed by atoms with E-state index in [0.717, 1.165) is 6.54 Å². The van der Waals surface area contributed by atoms with Gasteiger partial charge >= 0.3 is 0 Å². The topological polar surface area (TPSA) is 76.0 Å². The molecule has 5 heteroatoms. The molecule has 0 aromatic rings. The summed E-state index contributed by atoms with van der Waals surface area (Å²) in [6.45, 7) is 1.49. The van der Waals surface area contributed by atoms with Crippen LogP contribution in [0.2, 0.25) is 0 Å². The second-order valence-electron chi connectivity index (χ2n) is 4.22. The Labute approximate surface area is 83.3 Å². The number of hydrogen-bond acceptors (Lipinski definition) is 5. The molecular formula is C9H18N2O3. The van der Waals surface area contributed by atoms with E-state index in [2.05, 4.69) is 5.32 Å². The van der Waals surface area contributed by atoms with Gasteiger partial charge in [-0.25, -0.2) is 0 Å². The fraction of sp³-hybridized carbons (Fsp3) is 1.00. The molecule has 2 fully saturated rings. The molecule has 0 aliphatic carbocycles. The van der Waals surface area contributed by atoms with E-state index in [-0.39, 0.29) is 12.1 Å². The van der Waals surface area contributed by atoms with Crippen LogP contribution in [-0.2, 0) is 0 Å². The van der Waals surface area contributed by atoms with Crippen LogP contribution in [0.4, 0.5) is 0 Å². The maximum atomic E-state index is 9.83. The Bertz CT molecular complexity index is 214. The van der Waals surface area contributed by atoms with Crippen LogP contribution in [0.3, 0.4) is 0 Å². The average Bonchev–Trinajstić information content (AvgIpc) is 2.54. The smallest absolute Gasteiger partial charge is 0.0994 e. The van der Waals surface area contributed by atoms with E-state index in [1.165, 1.54) is 0 Å². The molecule has 0 aromatic carbocycles. The first-order valence-electron chi connectivity index (χ1n) is 5.10. The molecule has 0 aromatic heterocycles. The Kier molecular flexibility index (Phi) is 2.77. The highest BCUT2D eigenvalue weighted by Gasteiger charge is 2.47. The molecule has 2 saturated heterocycles. The molecule has 0 spiro atoms. The summed E-state index contributed by atoms with van der Waals surface area (Å²) in [5.41, 5.74) is 0. The van der Waals surface area contributed by atoms with Crippen molar-refractivity contribution >= 4 is 0 Å². The summed E-state index contributed by atoms with van der Waals surface area (Å²) in [4.78, 5) is 2.04. The normalized spacial score (nSPS) is 49.3. The van der Waals surface area contributed by atoms with Gasteiger partial charge in [0.25, 0.3) is 0 Å². The van der Waals surface area contributed by atoms with Crippen LogP contribution in [-0.4, -0.2) is 70.8 Å². The second kappa shape index (κ2) is 3.75. The van der Waals surface area contributed by atoms with Crippen molar-refractivity contribution in [3.05, 3.63) is 0 Å². The number of hydrogen-bond donors (Lipinski definition) is 4. The van der Waals surface area contributed by atoms with Gasteiger partial charge in [-0.15, -0.1) is 0 Å². The van der Waals surface area contributed by atoms with Crippen LogP contribution in [0.25, 0.3) is 0 Å². The molecule has 14 heavy (non-hydrogen) atoms. The maximum Gasteiger partial charge on any atom is 0.0994 e. The molecule has 0 radical (unpaired) electrons. The summed E-state index contributed by atoms with van der Waals surface area (Å²) in [5.74, 6) is 0. The summed E-state index contributed by atoms with van der Waals surface area (Å²) in [6, 6.07) is -0.388. The molecule has 3 unspecified atom stereocenters. The molecule has 0 bridgehead atoms. The third-order valence-corrected chi connectivity index (χ3v) is 3.44. The van der Waals surface area contributed by atoms with Crippen LogP contribution >= 0.6 is 0 Å². The van der Waals surface area contributed by atoms with Crippen molar-refractivity contribution in [2.45, 2.75) is 36.8 Å². The van der Waals surface area contributed by atoms with Crippen molar-refractivity contribution in [3.63, 3.8) is 0 Å². The molecule has 5 nitrogen and oxygen atoms in total. The SMILES string of the molecule is CNC1CN2CCC(O)[C@@H]2[C@@H](O)C1O. The van der Waals surface area contributed by atoms with E-state index >= 15 is 0 Å². The first-order valence-corrected chi connectivity index (χ1v) is 5.10. The Morgan fingerprint density at radius 3 is 2.57 bits per heavy atom. The largest absolute Gasteiger partial charge is 0.391 e. The Hall–Kier alpha value is -0.200. The third kappa shape index (κ3) is 1.45. The van der Waals surface area contributed by atoms with E-state index in [0.29, 0.717) is 13.0 Å². The zero-order chi connectivity index (χ0) is 10.3. The van der Waals surface area contributed by atoms with Crippen molar-refractivity contribution in [2.75, 3.05) is 20.1 Å². The predicted molar refractivity (Wildman–Crippen MR) is 50.8 cm³/mol. The molecule has 2 aliphatic rings. The van der Waals surface area contributed by atoms with Crippen molar-refractivity contribution in [1.29, 1.82) is 0 Å². The molecule has 2 rings (SSSR count). The van der Waals surface area contributed by atoms with Crippen LogP contribution in [0.15, 0.2) is 0 Å². The zero-order valence-corrected chi connectivity index (χ0v) is 8.30. The summed E-state index contributed by atoms with van der Waals surface area (Å²) >= 11 is 0. The molecule has 2 heterocycles. The minimum atomic E-state index is -0.848. The molecule has 4 N–H and O–H groups in total. The van der Waals surface area contributed by atoms with Gasteiger partial charge in [-0.2, -0.15) is 0 Å². The minimum Gasteiger partial charge on any atom is -0.391 e. The fourth-order valence-electron chi connectivity index (χ4n) is 2.58. The van der Waals surface area contributed by atoms with E-state index in [9.17, 15) is 15.3 Å². The van der Waals surface area contributed by atoms with Gasteiger partial charge in [0, 0.05) is 19.1 Å². The van der Waals surface area contributed by atoms with Crippen molar-refractivity contribution < 1.29 is 15.3 Å². The number of rotatable bonds is 1. The molecule has 5 atom stereocenters. The first-order chi connectivity index (χ1) is 6.65. The predicted octanol–water partition coefficient (Wildman–Crippen LogP) is -2.25. The second-order valence-corrected chi connectivity index (χ2v) is 4.22. The molecule has 0 saturated carbocycles. The quantitative estimate of drug-likeness (QED) is 0.386. The number of piperidine rings is 1. The molecular weight excluding hydrogens is 184 g/mol. The summed E-state index contributed by atoms with van der Waals surface area (Å²) in [5, 5.41) is 32.2. The van der Waals surface area contributed by atoms with E-state index in [1.807, 2.05) is 4.90 Å². The van der Waals surface area contributed by atoms with E-state index in [1.54, 1.807) is 7.05 Å². The van der Waals surface area contributed by atoms with Gasteiger partial charge in [-0.1, -0.05) is 0 Å². The maximum absolute atomic E-state index is 9.83.